The number of hydrogen-bond acceptors (Lipinski definition) is 5. The van der Waals surface area contributed by atoms with E-state index in [1.807, 2.05) is 31.2 Å². The van der Waals surface area contributed by atoms with Gasteiger partial charge in [-0.2, -0.15) is 4.31 Å². The smallest absolute Gasteiger partial charge is 0.243 e. The van der Waals surface area contributed by atoms with E-state index in [0.29, 0.717) is 24.5 Å². The van der Waals surface area contributed by atoms with Crippen molar-refractivity contribution in [1.29, 1.82) is 0 Å². The fourth-order valence-corrected chi connectivity index (χ4v) is 4.88. The highest BCUT2D eigenvalue weighted by Gasteiger charge is 2.27. The van der Waals surface area contributed by atoms with Gasteiger partial charge in [-0.1, -0.05) is 18.6 Å². The Morgan fingerprint density at radius 3 is 2.55 bits per heavy atom. The fourth-order valence-electron chi connectivity index (χ4n) is 3.33. The van der Waals surface area contributed by atoms with Gasteiger partial charge in [0.1, 0.15) is 5.75 Å². The fraction of sp³-hybridized carbons (Fsp3) is 0.381. The van der Waals surface area contributed by atoms with E-state index in [9.17, 15) is 13.2 Å². The second-order valence-corrected chi connectivity index (χ2v) is 9.04. The lowest BCUT2D eigenvalue weighted by atomic mass is 10.2. The summed E-state index contributed by atoms with van der Waals surface area (Å²) >= 11 is 0. The lowest BCUT2D eigenvalue weighted by Gasteiger charge is -2.26. The molecule has 1 saturated heterocycles. The number of nitrogens with one attached hydrogen (secondary N) is 2. The number of anilines is 2. The zero-order chi connectivity index (χ0) is 20.9. The van der Waals surface area contributed by atoms with Crippen LogP contribution in [0.3, 0.4) is 0 Å². The molecule has 2 N–H and O–H groups in total. The summed E-state index contributed by atoms with van der Waals surface area (Å²) in [6.45, 7) is 3.08. The van der Waals surface area contributed by atoms with Gasteiger partial charge in [-0.3, -0.25) is 4.79 Å². The number of nitrogens with zero attached hydrogens (tertiary/aromatic N) is 1. The summed E-state index contributed by atoms with van der Waals surface area (Å²) in [5.41, 5.74) is 2.27. The number of benzene rings is 2. The summed E-state index contributed by atoms with van der Waals surface area (Å²) < 4.78 is 32.7. The minimum atomic E-state index is -3.59. The van der Waals surface area contributed by atoms with Crippen molar-refractivity contribution in [1.82, 2.24) is 4.31 Å². The monoisotopic (exact) mass is 417 g/mol. The van der Waals surface area contributed by atoms with Crippen LogP contribution in [0.1, 0.15) is 24.8 Å². The van der Waals surface area contributed by atoms with E-state index < -0.39 is 10.0 Å². The van der Waals surface area contributed by atoms with Crippen LogP contribution in [0.5, 0.6) is 5.75 Å². The van der Waals surface area contributed by atoms with Crippen LogP contribution >= 0.6 is 0 Å². The molecule has 0 aliphatic carbocycles. The predicted molar refractivity (Wildman–Crippen MR) is 114 cm³/mol. The van der Waals surface area contributed by atoms with Crippen LogP contribution in [-0.4, -0.2) is 45.4 Å². The van der Waals surface area contributed by atoms with E-state index in [0.717, 1.165) is 30.5 Å². The molecule has 29 heavy (non-hydrogen) atoms. The van der Waals surface area contributed by atoms with Gasteiger partial charge in [0.2, 0.25) is 15.9 Å². The number of hydrogen-bond donors (Lipinski definition) is 2. The zero-order valence-electron chi connectivity index (χ0n) is 16.8. The number of rotatable bonds is 7. The molecule has 0 atom stereocenters. The molecule has 1 aliphatic heterocycles. The minimum absolute atomic E-state index is 0.0513. The number of carbonyl (C=O) groups is 1. The first-order valence-electron chi connectivity index (χ1n) is 9.69. The Hall–Kier alpha value is -2.58. The molecule has 0 spiro atoms. The van der Waals surface area contributed by atoms with E-state index in [-0.39, 0.29) is 17.3 Å². The summed E-state index contributed by atoms with van der Waals surface area (Å²) in [7, 11) is -2.11. The Balaban J connectivity index is 1.73. The Bertz CT molecular complexity index is 970. The molecule has 0 saturated carbocycles. The van der Waals surface area contributed by atoms with E-state index in [1.165, 1.54) is 23.5 Å². The largest absolute Gasteiger partial charge is 0.495 e. The predicted octanol–water partition coefficient (Wildman–Crippen LogP) is 3.23. The van der Waals surface area contributed by atoms with Gasteiger partial charge in [-0.05, 0) is 55.7 Å². The molecule has 1 heterocycles. The second-order valence-electron chi connectivity index (χ2n) is 7.10. The van der Waals surface area contributed by atoms with Crippen molar-refractivity contribution in [2.45, 2.75) is 31.1 Å². The van der Waals surface area contributed by atoms with Gasteiger partial charge in [0.15, 0.2) is 0 Å². The average molecular weight is 418 g/mol. The maximum atomic E-state index is 12.9. The number of amides is 1. The van der Waals surface area contributed by atoms with Crippen LogP contribution in [0.15, 0.2) is 47.4 Å². The van der Waals surface area contributed by atoms with Crippen molar-refractivity contribution in [3.63, 3.8) is 0 Å². The molecule has 7 nitrogen and oxygen atoms in total. The molecule has 0 radical (unpaired) electrons. The summed E-state index contributed by atoms with van der Waals surface area (Å²) in [5.74, 6) is 0.115. The molecular formula is C21H27N3O4S. The first-order valence-corrected chi connectivity index (χ1v) is 11.1. The number of piperidine rings is 1. The van der Waals surface area contributed by atoms with Gasteiger partial charge in [0.25, 0.3) is 0 Å². The molecule has 3 rings (SSSR count). The molecule has 156 valence electrons. The van der Waals surface area contributed by atoms with Crippen LogP contribution in [0.25, 0.3) is 0 Å². The first-order chi connectivity index (χ1) is 13.9. The Morgan fingerprint density at radius 2 is 1.86 bits per heavy atom. The highest BCUT2D eigenvalue weighted by molar-refractivity contribution is 7.89. The van der Waals surface area contributed by atoms with Crippen molar-refractivity contribution in [3.05, 3.63) is 48.0 Å². The maximum Gasteiger partial charge on any atom is 0.243 e. The molecule has 0 unspecified atom stereocenters. The maximum absolute atomic E-state index is 12.9. The lowest BCUT2D eigenvalue weighted by molar-refractivity contribution is -0.114. The number of carbonyl (C=O) groups excluding carboxylic acids is 1. The van der Waals surface area contributed by atoms with Crippen LogP contribution < -0.4 is 15.4 Å². The van der Waals surface area contributed by atoms with Crippen molar-refractivity contribution in [3.8, 4) is 5.75 Å². The van der Waals surface area contributed by atoms with E-state index in [2.05, 4.69) is 10.6 Å². The number of methoxy groups -OCH3 is 1. The normalized spacial score (nSPS) is 15.0. The van der Waals surface area contributed by atoms with Crippen LogP contribution in [-0.2, 0) is 14.8 Å². The highest BCUT2D eigenvalue weighted by Crippen LogP contribution is 2.30. The molecule has 1 aliphatic rings. The molecule has 1 amide bonds. The number of ether oxygens (including phenoxy) is 1. The van der Waals surface area contributed by atoms with Crippen molar-refractivity contribution in [2.75, 3.05) is 37.4 Å². The minimum Gasteiger partial charge on any atom is -0.495 e. The summed E-state index contributed by atoms with van der Waals surface area (Å²) in [4.78, 5) is 12.6. The Morgan fingerprint density at radius 1 is 1.10 bits per heavy atom. The third-order valence-electron chi connectivity index (χ3n) is 4.87. The van der Waals surface area contributed by atoms with Crippen LogP contribution in [0.4, 0.5) is 11.4 Å². The summed E-state index contributed by atoms with van der Waals surface area (Å²) in [6, 6.07) is 12.3. The van der Waals surface area contributed by atoms with Crippen LogP contribution in [0.2, 0.25) is 0 Å². The molecule has 0 bridgehead atoms. The van der Waals surface area contributed by atoms with Gasteiger partial charge < -0.3 is 15.4 Å². The lowest BCUT2D eigenvalue weighted by Crippen LogP contribution is -2.35. The van der Waals surface area contributed by atoms with Crippen molar-refractivity contribution < 1.29 is 17.9 Å². The third-order valence-corrected chi connectivity index (χ3v) is 6.76. The highest BCUT2D eigenvalue weighted by atomic mass is 32.2. The Kier molecular flexibility index (Phi) is 6.76. The average Bonchev–Trinajstić information content (AvgIpc) is 2.73. The summed E-state index contributed by atoms with van der Waals surface area (Å²) in [6.07, 6.45) is 2.77. The standard InChI is InChI=1S/C21H27N3O4S/c1-16-7-6-8-17(13-16)22-15-21(25)23-19-14-18(9-10-20(19)28-2)29(26,27)24-11-4-3-5-12-24/h6-10,13-14,22H,3-5,11-12,15H2,1-2H3,(H,23,25). The summed E-state index contributed by atoms with van der Waals surface area (Å²) in [5, 5.41) is 5.81. The number of aryl methyl sites for hydroxylation is 1. The molecular weight excluding hydrogens is 390 g/mol. The van der Waals surface area contributed by atoms with Gasteiger partial charge in [0.05, 0.1) is 24.2 Å². The quantitative estimate of drug-likeness (QED) is 0.722. The van der Waals surface area contributed by atoms with E-state index >= 15 is 0 Å². The molecule has 2 aromatic rings. The van der Waals surface area contributed by atoms with Crippen LogP contribution in [0, 0.1) is 6.92 Å². The van der Waals surface area contributed by atoms with Gasteiger partial charge in [-0.15, -0.1) is 0 Å². The van der Waals surface area contributed by atoms with E-state index in [1.54, 1.807) is 6.07 Å². The number of sulfonamides is 1. The zero-order valence-corrected chi connectivity index (χ0v) is 17.6. The first kappa shape index (κ1) is 21.1. The molecule has 2 aromatic carbocycles. The van der Waals surface area contributed by atoms with Crippen molar-refractivity contribution in [2.24, 2.45) is 0 Å². The Labute approximate surface area is 172 Å². The topological polar surface area (TPSA) is 87.7 Å². The molecule has 0 aromatic heterocycles. The molecule has 1 fully saturated rings. The SMILES string of the molecule is COc1ccc(S(=O)(=O)N2CCCCC2)cc1NC(=O)CNc1cccc(C)c1. The van der Waals surface area contributed by atoms with Gasteiger partial charge >= 0.3 is 0 Å². The third kappa shape index (κ3) is 5.27. The van der Waals surface area contributed by atoms with Gasteiger partial charge in [0, 0.05) is 18.8 Å². The van der Waals surface area contributed by atoms with Gasteiger partial charge in [-0.25, -0.2) is 8.42 Å². The van der Waals surface area contributed by atoms with Crippen molar-refractivity contribution >= 4 is 27.3 Å². The second kappa shape index (κ2) is 9.28. The molecule has 8 heteroatoms. The van der Waals surface area contributed by atoms with E-state index in [4.69, 9.17) is 4.74 Å².